The van der Waals surface area contributed by atoms with E-state index in [-0.39, 0.29) is 24.0 Å². The van der Waals surface area contributed by atoms with Crippen LogP contribution in [-0.4, -0.2) is 30.9 Å². The maximum absolute atomic E-state index is 12.8. The van der Waals surface area contributed by atoms with Gasteiger partial charge in [-0.2, -0.15) is 0 Å². The van der Waals surface area contributed by atoms with Crippen molar-refractivity contribution in [3.05, 3.63) is 53.1 Å². The van der Waals surface area contributed by atoms with E-state index in [0.717, 1.165) is 10.5 Å². The number of amides is 4. The molecule has 0 spiro atoms. The van der Waals surface area contributed by atoms with E-state index in [9.17, 15) is 14.4 Å². The first kappa shape index (κ1) is 18.0. The highest BCUT2D eigenvalue weighted by atomic mass is 35.5. The molecule has 1 atom stereocenters. The van der Waals surface area contributed by atoms with Crippen molar-refractivity contribution >= 4 is 41.3 Å². The second-order valence-corrected chi connectivity index (χ2v) is 6.48. The normalized spacial score (nSPS) is 18.7. The Kier molecular flexibility index (Phi) is 4.70. The topological polar surface area (TPSA) is 97.3 Å². The van der Waals surface area contributed by atoms with Crippen LogP contribution in [0.4, 0.5) is 10.5 Å². The fraction of sp³-hybridized carbons (Fsp3) is 0.158. The van der Waals surface area contributed by atoms with Crippen LogP contribution in [0, 0.1) is 5.92 Å². The van der Waals surface area contributed by atoms with Gasteiger partial charge in [0.15, 0.2) is 17.4 Å². The second kappa shape index (κ2) is 7.32. The van der Waals surface area contributed by atoms with Crippen molar-refractivity contribution in [2.75, 3.05) is 11.7 Å². The zero-order valence-corrected chi connectivity index (χ0v) is 15.2. The number of anilines is 1. The summed E-state index contributed by atoms with van der Waals surface area (Å²) in [6, 6.07) is 10.9. The second-order valence-electron chi connectivity index (χ2n) is 6.07. The number of fused-ring (bicyclic) bond motifs is 1. The average Bonchev–Trinajstić information content (AvgIpc) is 3.13. The van der Waals surface area contributed by atoms with Crippen molar-refractivity contribution in [2.45, 2.75) is 6.54 Å². The van der Waals surface area contributed by atoms with Gasteiger partial charge < -0.3 is 9.47 Å². The smallest absolute Gasteiger partial charge is 0.335 e. The van der Waals surface area contributed by atoms with E-state index >= 15 is 0 Å². The van der Waals surface area contributed by atoms with Gasteiger partial charge in [-0.05, 0) is 29.8 Å². The van der Waals surface area contributed by atoms with Gasteiger partial charge in [0, 0.05) is 6.21 Å². The third-order valence-corrected chi connectivity index (χ3v) is 4.58. The molecular weight excluding hydrogens is 386 g/mol. The third kappa shape index (κ3) is 3.29. The van der Waals surface area contributed by atoms with Crippen molar-refractivity contribution in [2.24, 2.45) is 10.9 Å². The van der Waals surface area contributed by atoms with Crippen LogP contribution in [0.1, 0.15) is 5.56 Å². The molecule has 0 bridgehead atoms. The summed E-state index contributed by atoms with van der Waals surface area (Å²) in [5.74, 6) is -1.40. The van der Waals surface area contributed by atoms with Crippen LogP contribution >= 0.6 is 11.6 Å². The highest BCUT2D eigenvalue weighted by Gasteiger charge is 2.41. The van der Waals surface area contributed by atoms with Gasteiger partial charge in [0.2, 0.25) is 12.7 Å². The molecule has 4 amide bonds. The molecule has 2 aliphatic heterocycles. The van der Waals surface area contributed by atoms with Crippen LogP contribution in [-0.2, 0) is 16.1 Å². The Morgan fingerprint density at radius 3 is 2.75 bits per heavy atom. The molecule has 1 N–H and O–H groups in total. The summed E-state index contributed by atoms with van der Waals surface area (Å²) in [6.45, 7) is 0.401. The van der Waals surface area contributed by atoms with Gasteiger partial charge in [-0.1, -0.05) is 29.8 Å². The fourth-order valence-corrected chi connectivity index (χ4v) is 3.11. The number of hydrogen-bond donors (Lipinski definition) is 1. The molecule has 4 rings (SSSR count). The highest BCUT2D eigenvalue weighted by molar-refractivity contribution is 6.38. The lowest BCUT2D eigenvalue weighted by molar-refractivity contribution is -0.131. The maximum atomic E-state index is 12.8. The van der Waals surface area contributed by atoms with Crippen LogP contribution in [0.15, 0.2) is 47.5 Å². The number of carbonyl (C=O) groups excluding carboxylic acids is 3. The lowest BCUT2D eigenvalue weighted by atomic mass is 10.1. The monoisotopic (exact) mass is 399 g/mol. The average molecular weight is 400 g/mol. The summed E-state index contributed by atoms with van der Waals surface area (Å²) in [7, 11) is 0. The van der Waals surface area contributed by atoms with Crippen molar-refractivity contribution in [1.29, 1.82) is 0 Å². The van der Waals surface area contributed by atoms with Gasteiger partial charge in [0.25, 0.3) is 5.91 Å². The van der Waals surface area contributed by atoms with Crippen molar-refractivity contribution in [1.82, 2.24) is 5.32 Å². The number of hydrogen-bond acceptors (Lipinski definition) is 6. The Bertz CT molecular complexity index is 1010. The Morgan fingerprint density at radius 2 is 1.93 bits per heavy atom. The molecule has 0 saturated carbocycles. The summed E-state index contributed by atoms with van der Waals surface area (Å²) >= 11 is 6.09. The Balaban J connectivity index is 1.52. The summed E-state index contributed by atoms with van der Waals surface area (Å²) in [4.78, 5) is 42.1. The molecule has 0 radical (unpaired) electrons. The van der Waals surface area contributed by atoms with Gasteiger partial charge in [-0.15, -0.1) is 0 Å². The molecule has 2 heterocycles. The molecule has 28 heavy (non-hydrogen) atoms. The zero-order chi connectivity index (χ0) is 19.7. The Labute approximate surface area is 164 Å². The SMILES string of the molecule is O=C1NC(=O)N(c2ccccc2Cl)C(=O)[C@H]1C=NCc1ccc2c(c1)OCO2. The van der Waals surface area contributed by atoms with Gasteiger partial charge >= 0.3 is 6.03 Å². The largest absolute Gasteiger partial charge is 0.454 e. The first-order valence-corrected chi connectivity index (χ1v) is 8.74. The number of imide groups is 2. The van der Waals surface area contributed by atoms with E-state index in [1.54, 1.807) is 30.3 Å². The molecule has 142 valence electrons. The predicted octanol–water partition coefficient (Wildman–Crippen LogP) is 2.54. The number of ether oxygens (including phenoxy) is 2. The molecule has 8 nitrogen and oxygen atoms in total. The number of rotatable bonds is 4. The highest BCUT2D eigenvalue weighted by Crippen LogP contribution is 2.32. The van der Waals surface area contributed by atoms with Gasteiger partial charge in [-0.25, -0.2) is 9.69 Å². The van der Waals surface area contributed by atoms with Gasteiger partial charge in [0.1, 0.15) is 0 Å². The molecule has 2 aromatic carbocycles. The molecule has 9 heteroatoms. The Hall–Kier alpha value is -3.39. The van der Waals surface area contributed by atoms with Crippen molar-refractivity contribution in [3.63, 3.8) is 0 Å². The van der Waals surface area contributed by atoms with Crippen LogP contribution in [0.2, 0.25) is 5.02 Å². The number of para-hydroxylation sites is 1. The van der Waals surface area contributed by atoms with E-state index in [2.05, 4.69) is 10.3 Å². The lowest BCUT2D eigenvalue weighted by Crippen LogP contribution is -2.58. The van der Waals surface area contributed by atoms with Crippen LogP contribution < -0.4 is 19.7 Å². The molecule has 2 aromatic rings. The number of barbiturate groups is 1. The third-order valence-electron chi connectivity index (χ3n) is 4.26. The quantitative estimate of drug-likeness (QED) is 0.629. The summed E-state index contributed by atoms with van der Waals surface area (Å²) in [5, 5.41) is 2.38. The number of nitrogens with one attached hydrogen (secondary N) is 1. The number of urea groups is 1. The van der Waals surface area contributed by atoms with Crippen LogP contribution in [0.3, 0.4) is 0 Å². The van der Waals surface area contributed by atoms with Crippen LogP contribution in [0.5, 0.6) is 11.5 Å². The first-order valence-electron chi connectivity index (χ1n) is 8.36. The Morgan fingerprint density at radius 1 is 1.14 bits per heavy atom. The van der Waals surface area contributed by atoms with E-state index in [0.29, 0.717) is 11.5 Å². The fourth-order valence-electron chi connectivity index (χ4n) is 2.89. The lowest BCUT2D eigenvalue weighted by Gasteiger charge is -2.29. The van der Waals surface area contributed by atoms with Crippen molar-refractivity contribution < 1.29 is 23.9 Å². The minimum Gasteiger partial charge on any atom is -0.454 e. The maximum Gasteiger partial charge on any atom is 0.335 e. The molecule has 1 saturated heterocycles. The molecular formula is C19H14ClN3O5. The van der Waals surface area contributed by atoms with Crippen molar-refractivity contribution in [3.8, 4) is 11.5 Å². The summed E-state index contributed by atoms with van der Waals surface area (Å²) in [5.41, 5.74) is 1.02. The zero-order valence-electron chi connectivity index (χ0n) is 14.4. The number of carbonyl (C=O) groups is 3. The van der Waals surface area contributed by atoms with Gasteiger partial charge in [0.05, 0.1) is 17.3 Å². The molecule has 0 aromatic heterocycles. The number of halogens is 1. The number of aliphatic imine (C=N–C) groups is 1. The summed E-state index contributed by atoms with van der Waals surface area (Å²) < 4.78 is 10.6. The van der Waals surface area contributed by atoms with E-state index in [4.69, 9.17) is 21.1 Å². The van der Waals surface area contributed by atoms with E-state index in [1.807, 2.05) is 6.07 Å². The standard InChI is InChI=1S/C19H14ClN3O5/c20-13-3-1-2-4-14(13)23-18(25)12(17(24)22-19(23)26)9-21-8-11-5-6-15-16(7-11)28-10-27-15/h1-7,9,12H,8,10H2,(H,22,24,26)/t12-/m0/s1. The van der Waals surface area contributed by atoms with Gasteiger partial charge in [-0.3, -0.25) is 19.9 Å². The minimum atomic E-state index is -1.23. The minimum absolute atomic E-state index is 0.171. The number of nitrogens with zero attached hydrogens (tertiary/aromatic N) is 2. The predicted molar refractivity (Wildman–Crippen MR) is 101 cm³/mol. The number of benzene rings is 2. The summed E-state index contributed by atoms with van der Waals surface area (Å²) in [6.07, 6.45) is 1.23. The molecule has 1 fully saturated rings. The van der Waals surface area contributed by atoms with E-state index in [1.165, 1.54) is 12.3 Å². The van der Waals surface area contributed by atoms with Crippen LogP contribution in [0.25, 0.3) is 0 Å². The molecule has 2 aliphatic rings. The molecule has 0 aliphatic carbocycles. The first-order chi connectivity index (χ1) is 13.5. The van der Waals surface area contributed by atoms with E-state index < -0.39 is 23.8 Å². The molecule has 0 unspecified atom stereocenters.